The summed E-state index contributed by atoms with van der Waals surface area (Å²) < 4.78 is 11.9. The predicted molar refractivity (Wildman–Crippen MR) is 256 cm³/mol. The molecule has 1 aliphatic carbocycles. The maximum absolute atomic E-state index is 6.79. The van der Waals surface area contributed by atoms with Crippen molar-refractivity contribution in [1.82, 2.24) is 4.57 Å². The third kappa shape index (κ3) is 4.95. The topological polar surface area (TPSA) is 21.3 Å². The number of fused-ring (bicyclic) bond motifs is 12. The van der Waals surface area contributed by atoms with Gasteiger partial charge in [0, 0.05) is 75.8 Å². The van der Waals surface area contributed by atoms with Gasteiger partial charge in [-0.2, -0.15) is 0 Å². The zero-order valence-corrected chi connectivity index (χ0v) is 33.4. The summed E-state index contributed by atoms with van der Waals surface area (Å²) in [5.41, 5.74) is 11.0. The fourth-order valence-corrected chi connectivity index (χ4v) is 11.1. The molecule has 0 amide bonds. The molecule has 3 nitrogen and oxygen atoms in total. The fraction of sp³-hybridized carbons (Fsp3) is 0.0357. The number of aromatic nitrogens is 1. The Morgan fingerprint density at radius 3 is 2.03 bits per heavy atom. The molecule has 0 unspecified atom stereocenters. The van der Waals surface area contributed by atoms with Crippen LogP contribution in [0.5, 0.6) is 0 Å². The molecule has 0 N–H and O–H groups in total. The van der Waals surface area contributed by atoms with Crippen LogP contribution in [0, 0.1) is 0 Å². The molecule has 0 spiro atoms. The zero-order valence-electron chi connectivity index (χ0n) is 32.6. The first kappa shape index (κ1) is 33.6. The van der Waals surface area contributed by atoms with E-state index in [1.54, 1.807) is 0 Å². The predicted octanol–water partition coefficient (Wildman–Crippen LogP) is 16.4. The molecule has 0 atom stereocenters. The summed E-state index contributed by atoms with van der Waals surface area (Å²) in [6.45, 7) is 0. The molecular formula is C56H36N2OS. The van der Waals surface area contributed by atoms with E-state index in [0.29, 0.717) is 0 Å². The van der Waals surface area contributed by atoms with Crippen LogP contribution in [-0.2, 0) is 0 Å². The largest absolute Gasteiger partial charge is 0.456 e. The molecule has 0 saturated heterocycles. The number of furan rings is 1. The molecule has 0 bridgehead atoms. The molecule has 0 saturated carbocycles. The highest BCUT2D eigenvalue weighted by molar-refractivity contribution is 7.25. The van der Waals surface area contributed by atoms with Crippen LogP contribution >= 0.6 is 11.3 Å². The number of hydrogen-bond donors (Lipinski definition) is 0. The van der Waals surface area contributed by atoms with E-state index in [4.69, 9.17) is 4.42 Å². The molecule has 0 radical (unpaired) electrons. The van der Waals surface area contributed by atoms with E-state index in [1.165, 1.54) is 69.3 Å². The smallest absolute Gasteiger partial charge is 0.138 e. The lowest BCUT2D eigenvalue weighted by Crippen LogP contribution is -2.16. The van der Waals surface area contributed by atoms with Gasteiger partial charge in [-0.3, -0.25) is 0 Å². The van der Waals surface area contributed by atoms with Gasteiger partial charge in [0.1, 0.15) is 11.2 Å². The summed E-state index contributed by atoms with van der Waals surface area (Å²) in [5, 5.41) is 12.2. The van der Waals surface area contributed by atoms with Crippen molar-refractivity contribution in [1.29, 1.82) is 0 Å². The van der Waals surface area contributed by atoms with E-state index in [-0.39, 0.29) is 0 Å². The summed E-state index contributed by atoms with van der Waals surface area (Å²) in [7, 11) is 0. The minimum Gasteiger partial charge on any atom is -0.456 e. The Balaban J connectivity index is 1.17. The van der Waals surface area contributed by atoms with Gasteiger partial charge in [-0.15, -0.1) is 11.3 Å². The molecular weight excluding hydrogens is 749 g/mol. The maximum atomic E-state index is 6.79. The Kier molecular flexibility index (Phi) is 7.30. The minimum atomic E-state index is 0.882. The van der Waals surface area contributed by atoms with E-state index in [2.05, 4.69) is 204 Å². The molecule has 0 fully saturated rings. The molecule has 4 heteroatoms. The summed E-state index contributed by atoms with van der Waals surface area (Å²) >= 11 is 1.87. The molecule has 0 aliphatic heterocycles. The molecule has 282 valence electrons. The lowest BCUT2D eigenvalue weighted by atomic mass is 9.94. The van der Waals surface area contributed by atoms with Crippen LogP contribution in [0.1, 0.15) is 12.8 Å². The highest BCUT2D eigenvalue weighted by atomic mass is 32.1. The second kappa shape index (κ2) is 13.1. The molecule has 12 aromatic rings. The summed E-state index contributed by atoms with van der Waals surface area (Å²) in [5.74, 6) is 0. The van der Waals surface area contributed by atoms with E-state index in [1.807, 2.05) is 11.3 Å². The van der Waals surface area contributed by atoms with Gasteiger partial charge in [0.15, 0.2) is 0 Å². The SMILES string of the molecule is C1=CC(N(c2ccc3c(c2)sc2ccccc23)c2ccc3c4c(-c5ccccc5)c5c(cc4n(-c4cc6ccccc6c6ccccc46)c3c2)oc2ccccc25)=CCC1. The Morgan fingerprint density at radius 2 is 1.18 bits per heavy atom. The van der Waals surface area contributed by atoms with Gasteiger partial charge in [0.2, 0.25) is 0 Å². The number of hydrogen-bond acceptors (Lipinski definition) is 3. The molecule has 3 aromatic heterocycles. The summed E-state index contributed by atoms with van der Waals surface area (Å²) in [6, 6.07) is 64.5. The number of allylic oxidation sites excluding steroid dienone is 3. The first-order valence-corrected chi connectivity index (χ1v) is 21.6. The summed E-state index contributed by atoms with van der Waals surface area (Å²) in [6.07, 6.45) is 9.04. The average Bonchev–Trinajstić information content (AvgIpc) is 3.97. The zero-order chi connectivity index (χ0) is 39.3. The van der Waals surface area contributed by atoms with E-state index in [0.717, 1.165) is 62.9 Å². The Morgan fingerprint density at radius 1 is 0.483 bits per heavy atom. The highest BCUT2D eigenvalue weighted by Gasteiger charge is 2.25. The van der Waals surface area contributed by atoms with Gasteiger partial charge >= 0.3 is 0 Å². The number of rotatable bonds is 5. The van der Waals surface area contributed by atoms with Gasteiger partial charge in [0.25, 0.3) is 0 Å². The van der Waals surface area contributed by atoms with Crippen molar-refractivity contribution < 1.29 is 4.42 Å². The van der Waals surface area contributed by atoms with Crippen LogP contribution in [0.25, 0.3) is 102 Å². The first-order chi connectivity index (χ1) is 29.8. The average molecular weight is 785 g/mol. The minimum absolute atomic E-state index is 0.882. The van der Waals surface area contributed by atoms with Crippen LogP contribution in [-0.4, -0.2) is 4.57 Å². The molecule has 9 aromatic carbocycles. The van der Waals surface area contributed by atoms with Crippen LogP contribution < -0.4 is 4.90 Å². The third-order valence-electron chi connectivity index (χ3n) is 12.5. The number of nitrogens with zero attached hydrogens (tertiary/aromatic N) is 2. The molecule has 3 heterocycles. The van der Waals surface area contributed by atoms with Gasteiger partial charge < -0.3 is 13.9 Å². The van der Waals surface area contributed by atoms with Crippen molar-refractivity contribution in [2.75, 3.05) is 4.90 Å². The standard InChI is InChI=1S/C56H36N2OS/c1-3-15-35(16-4-1)54-55-45-30-28-38(57(37-18-5-2-6-19-37)39-27-29-44-43-23-12-14-26-52(43)60-53(44)33-39)32-48(45)58(49(55)34-51-56(54)46-24-11-13-25-50(46)59-51)47-31-36-17-7-8-20-40(36)41-21-9-10-22-42(41)47/h1,3-5,7-34H,2,6H2. The van der Waals surface area contributed by atoms with Gasteiger partial charge in [-0.1, -0.05) is 140 Å². The van der Waals surface area contributed by atoms with Crippen molar-refractivity contribution in [2.45, 2.75) is 12.8 Å². The molecule has 13 rings (SSSR count). The van der Waals surface area contributed by atoms with Crippen molar-refractivity contribution in [3.8, 4) is 16.8 Å². The van der Waals surface area contributed by atoms with Crippen molar-refractivity contribution >= 4 is 108 Å². The van der Waals surface area contributed by atoms with E-state index in [9.17, 15) is 0 Å². The van der Waals surface area contributed by atoms with Crippen LogP contribution in [0.3, 0.4) is 0 Å². The number of para-hydroxylation sites is 1. The van der Waals surface area contributed by atoms with Crippen LogP contribution in [0.15, 0.2) is 204 Å². The van der Waals surface area contributed by atoms with E-state index < -0.39 is 0 Å². The highest BCUT2D eigenvalue weighted by Crippen LogP contribution is 2.49. The number of benzene rings is 9. The Labute approximate surface area is 349 Å². The third-order valence-corrected chi connectivity index (χ3v) is 13.7. The number of anilines is 2. The Hall–Kier alpha value is -7.40. The Bertz CT molecular complexity index is 3790. The molecule has 60 heavy (non-hydrogen) atoms. The fourth-order valence-electron chi connectivity index (χ4n) is 9.95. The van der Waals surface area contributed by atoms with Gasteiger partial charge in [-0.25, -0.2) is 0 Å². The van der Waals surface area contributed by atoms with E-state index >= 15 is 0 Å². The van der Waals surface area contributed by atoms with Gasteiger partial charge in [0.05, 0.1) is 16.7 Å². The van der Waals surface area contributed by atoms with Crippen molar-refractivity contribution in [3.63, 3.8) is 0 Å². The lowest BCUT2D eigenvalue weighted by Gasteiger charge is -2.28. The van der Waals surface area contributed by atoms with Crippen LogP contribution in [0.4, 0.5) is 11.4 Å². The monoisotopic (exact) mass is 784 g/mol. The lowest BCUT2D eigenvalue weighted by molar-refractivity contribution is 0.669. The van der Waals surface area contributed by atoms with Crippen molar-refractivity contribution in [2.24, 2.45) is 0 Å². The quantitative estimate of drug-likeness (QED) is 0.162. The normalized spacial score (nSPS) is 13.2. The second-order valence-corrected chi connectivity index (χ2v) is 17.0. The van der Waals surface area contributed by atoms with Gasteiger partial charge in [-0.05, 0) is 83.1 Å². The van der Waals surface area contributed by atoms with Crippen molar-refractivity contribution in [3.05, 3.63) is 200 Å². The first-order valence-electron chi connectivity index (χ1n) is 20.7. The number of thiophene rings is 1. The molecule has 1 aliphatic rings. The second-order valence-electron chi connectivity index (χ2n) is 15.9. The van der Waals surface area contributed by atoms with Crippen LogP contribution in [0.2, 0.25) is 0 Å². The summed E-state index contributed by atoms with van der Waals surface area (Å²) in [4.78, 5) is 2.46. The maximum Gasteiger partial charge on any atom is 0.138 e.